The first-order chi connectivity index (χ1) is 9.93. The topological polar surface area (TPSA) is 105 Å². The third kappa shape index (κ3) is 4.91. The van der Waals surface area contributed by atoms with Crippen molar-refractivity contribution in [3.8, 4) is 0 Å². The van der Waals surface area contributed by atoms with Crippen LogP contribution in [0.4, 0.5) is 4.79 Å². The summed E-state index contributed by atoms with van der Waals surface area (Å²) < 4.78 is 4.69. The Balaban J connectivity index is 2.53. The molecule has 0 unspecified atom stereocenters. The first-order valence-corrected chi connectivity index (χ1v) is 7.38. The Morgan fingerprint density at radius 1 is 1.24 bits per heavy atom. The minimum atomic E-state index is -1.23. The molecule has 2 amide bonds. The Morgan fingerprint density at radius 2 is 1.86 bits per heavy atom. The number of hydrogen-bond acceptors (Lipinski definition) is 4. The third-order valence-electron chi connectivity index (χ3n) is 4.00. The van der Waals surface area contributed by atoms with Gasteiger partial charge in [-0.1, -0.05) is 13.3 Å². The Bertz CT molecular complexity index is 389. The highest BCUT2D eigenvalue weighted by Gasteiger charge is 2.42. The molecular weight excluding hydrogens is 276 g/mol. The molecule has 0 heterocycles. The number of carbonyl (C=O) groups excluding carboxylic acids is 2. The highest BCUT2D eigenvalue weighted by Crippen LogP contribution is 2.33. The summed E-state index contributed by atoms with van der Waals surface area (Å²) in [6, 6.07) is -0.652. The Kier molecular flexibility index (Phi) is 6.45. The molecule has 1 aliphatic carbocycles. The van der Waals surface area contributed by atoms with E-state index in [2.05, 4.69) is 22.3 Å². The second kappa shape index (κ2) is 7.85. The van der Waals surface area contributed by atoms with E-state index in [4.69, 9.17) is 0 Å². The second-order valence-electron chi connectivity index (χ2n) is 5.35. The van der Waals surface area contributed by atoms with Gasteiger partial charge in [0.05, 0.1) is 6.61 Å². The summed E-state index contributed by atoms with van der Waals surface area (Å²) in [5.41, 5.74) is -1.23. The summed E-state index contributed by atoms with van der Waals surface area (Å²) in [4.78, 5) is 34.5. The number of rotatable bonds is 6. The van der Waals surface area contributed by atoms with Crippen molar-refractivity contribution in [2.75, 3.05) is 13.2 Å². The molecule has 0 aromatic heterocycles. The zero-order valence-corrected chi connectivity index (χ0v) is 12.6. The molecule has 0 saturated heterocycles. The first kappa shape index (κ1) is 17.3. The fraction of sp³-hybridized carbons (Fsp3) is 0.786. The van der Waals surface area contributed by atoms with Crippen LogP contribution in [0.3, 0.4) is 0 Å². The Labute approximate surface area is 124 Å². The number of carboxylic acid groups (broad SMARTS) is 1. The van der Waals surface area contributed by atoms with Crippen LogP contribution in [0.1, 0.15) is 46.0 Å². The highest BCUT2D eigenvalue weighted by atomic mass is 16.5. The van der Waals surface area contributed by atoms with Crippen molar-refractivity contribution in [3.63, 3.8) is 0 Å². The summed E-state index contributed by atoms with van der Waals surface area (Å²) in [6.45, 7) is 3.72. The predicted molar refractivity (Wildman–Crippen MR) is 75.8 cm³/mol. The highest BCUT2D eigenvalue weighted by molar-refractivity contribution is 5.87. The monoisotopic (exact) mass is 300 g/mol. The van der Waals surface area contributed by atoms with Crippen LogP contribution in [0.5, 0.6) is 0 Å². The van der Waals surface area contributed by atoms with E-state index in [-0.39, 0.29) is 13.2 Å². The number of hydrogen-bond donors (Lipinski definition) is 3. The predicted octanol–water partition coefficient (Wildman–Crippen LogP) is 1.27. The molecular formula is C14H24N2O5. The molecule has 0 radical (unpaired) electrons. The molecule has 0 aromatic carbocycles. The number of carboxylic acids is 1. The van der Waals surface area contributed by atoms with Crippen molar-refractivity contribution in [1.82, 2.24) is 10.6 Å². The molecule has 0 bridgehead atoms. The van der Waals surface area contributed by atoms with Gasteiger partial charge in [-0.15, -0.1) is 0 Å². The number of aliphatic carboxylic acids is 1. The molecule has 1 fully saturated rings. The van der Waals surface area contributed by atoms with Gasteiger partial charge in [-0.3, -0.25) is 4.79 Å². The summed E-state index contributed by atoms with van der Waals surface area (Å²) in [5.74, 6) is -1.06. The van der Waals surface area contributed by atoms with Crippen LogP contribution in [0.25, 0.3) is 0 Å². The molecule has 0 aromatic rings. The minimum Gasteiger partial charge on any atom is -0.480 e. The fourth-order valence-electron chi connectivity index (χ4n) is 2.60. The van der Waals surface area contributed by atoms with Gasteiger partial charge < -0.3 is 20.5 Å². The summed E-state index contributed by atoms with van der Waals surface area (Å²) in [5, 5.41) is 14.3. The van der Waals surface area contributed by atoms with Crippen molar-refractivity contribution in [2.45, 2.75) is 51.5 Å². The number of ether oxygens (including phenoxy) is 1. The van der Waals surface area contributed by atoms with Gasteiger partial charge in [0.1, 0.15) is 12.1 Å². The van der Waals surface area contributed by atoms with Crippen LogP contribution >= 0.6 is 0 Å². The van der Waals surface area contributed by atoms with Crippen LogP contribution in [0.15, 0.2) is 0 Å². The van der Waals surface area contributed by atoms with E-state index in [9.17, 15) is 19.5 Å². The molecule has 120 valence electrons. The van der Waals surface area contributed by atoms with E-state index >= 15 is 0 Å². The van der Waals surface area contributed by atoms with E-state index in [1.165, 1.54) is 0 Å². The minimum absolute atomic E-state index is 0.236. The van der Waals surface area contributed by atoms with E-state index in [0.29, 0.717) is 18.8 Å². The van der Waals surface area contributed by atoms with Gasteiger partial charge in [-0.2, -0.15) is 0 Å². The standard InChI is InChI=1S/C14H24N2O5/c1-3-10-5-7-14(8-6-10,12(18)19)16-13(20)15-9-11(17)21-4-2/h10H,3-9H2,1-2H3,(H,18,19)(H2,15,16,20). The lowest BCUT2D eigenvalue weighted by Gasteiger charge is -2.37. The van der Waals surface area contributed by atoms with Crippen molar-refractivity contribution < 1.29 is 24.2 Å². The normalized spacial score (nSPS) is 25.0. The van der Waals surface area contributed by atoms with Crippen molar-refractivity contribution >= 4 is 18.0 Å². The van der Waals surface area contributed by atoms with Crippen LogP contribution in [0.2, 0.25) is 0 Å². The molecule has 1 rings (SSSR count). The van der Waals surface area contributed by atoms with Gasteiger partial charge >= 0.3 is 18.0 Å². The number of nitrogens with one attached hydrogen (secondary N) is 2. The quantitative estimate of drug-likeness (QED) is 0.641. The molecule has 1 saturated carbocycles. The SMILES string of the molecule is CCOC(=O)CNC(=O)NC1(C(=O)O)CCC(CC)CC1. The molecule has 0 atom stereocenters. The van der Waals surface area contributed by atoms with Gasteiger partial charge in [-0.25, -0.2) is 9.59 Å². The summed E-state index contributed by atoms with van der Waals surface area (Å²) in [6.07, 6.45) is 3.40. The van der Waals surface area contributed by atoms with Crippen LogP contribution in [0, 0.1) is 5.92 Å². The van der Waals surface area contributed by atoms with Crippen molar-refractivity contribution in [3.05, 3.63) is 0 Å². The van der Waals surface area contributed by atoms with Gasteiger partial charge in [0.2, 0.25) is 0 Å². The molecule has 0 spiro atoms. The van der Waals surface area contributed by atoms with Gasteiger partial charge in [-0.05, 0) is 38.5 Å². The fourth-order valence-corrected chi connectivity index (χ4v) is 2.60. The summed E-state index contributed by atoms with van der Waals surface area (Å²) >= 11 is 0. The van der Waals surface area contributed by atoms with E-state index in [1.807, 2.05) is 0 Å². The van der Waals surface area contributed by atoms with E-state index in [1.54, 1.807) is 6.92 Å². The second-order valence-corrected chi connectivity index (χ2v) is 5.35. The lowest BCUT2D eigenvalue weighted by molar-refractivity contribution is -0.146. The Hall–Kier alpha value is -1.79. The lowest BCUT2D eigenvalue weighted by Crippen LogP contribution is -2.59. The molecule has 21 heavy (non-hydrogen) atoms. The largest absolute Gasteiger partial charge is 0.480 e. The molecule has 3 N–H and O–H groups in total. The summed E-state index contributed by atoms with van der Waals surface area (Å²) in [7, 11) is 0. The van der Waals surface area contributed by atoms with Gasteiger partial charge in [0, 0.05) is 0 Å². The van der Waals surface area contributed by atoms with E-state index < -0.39 is 23.5 Å². The number of esters is 1. The maximum absolute atomic E-state index is 11.8. The molecule has 0 aliphatic heterocycles. The van der Waals surface area contributed by atoms with Crippen LogP contribution < -0.4 is 10.6 Å². The number of carbonyl (C=O) groups is 3. The maximum Gasteiger partial charge on any atom is 0.329 e. The van der Waals surface area contributed by atoms with Gasteiger partial charge in [0.15, 0.2) is 0 Å². The van der Waals surface area contributed by atoms with Crippen molar-refractivity contribution in [1.29, 1.82) is 0 Å². The Morgan fingerprint density at radius 3 is 2.33 bits per heavy atom. The third-order valence-corrected chi connectivity index (χ3v) is 4.00. The number of amides is 2. The zero-order chi connectivity index (χ0) is 15.9. The zero-order valence-electron chi connectivity index (χ0n) is 12.6. The van der Waals surface area contributed by atoms with Crippen LogP contribution in [-0.2, 0) is 14.3 Å². The first-order valence-electron chi connectivity index (χ1n) is 7.38. The average Bonchev–Trinajstić information content (AvgIpc) is 2.46. The van der Waals surface area contributed by atoms with Gasteiger partial charge in [0.25, 0.3) is 0 Å². The maximum atomic E-state index is 11.8. The lowest BCUT2D eigenvalue weighted by atomic mass is 9.75. The molecule has 7 heteroatoms. The smallest absolute Gasteiger partial charge is 0.329 e. The average molecular weight is 300 g/mol. The van der Waals surface area contributed by atoms with Crippen molar-refractivity contribution in [2.24, 2.45) is 5.92 Å². The molecule has 1 aliphatic rings. The number of urea groups is 1. The molecule has 7 nitrogen and oxygen atoms in total. The van der Waals surface area contributed by atoms with Crippen LogP contribution in [-0.4, -0.2) is 41.8 Å². The van der Waals surface area contributed by atoms with E-state index in [0.717, 1.165) is 19.3 Å².